The molecule has 0 radical (unpaired) electrons. The van der Waals surface area contributed by atoms with E-state index in [0.29, 0.717) is 21.2 Å². The fourth-order valence-corrected chi connectivity index (χ4v) is 1.77. The van der Waals surface area contributed by atoms with Gasteiger partial charge in [0.2, 0.25) is 0 Å². The number of carbonyl (C=O) groups is 1. The smallest absolute Gasteiger partial charge is 0.185 e. The van der Waals surface area contributed by atoms with Gasteiger partial charge in [0.25, 0.3) is 0 Å². The Hall–Kier alpha value is -1.77. The molecule has 0 unspecified atom stereocenters. The number of benzene rings is 2. The van der Waals surface area contributed by atoms with Crippen LogP contribution in [0.15, 0.2) is 54.6 Å². The number of allylic oxidation sites excluding steroid dienone is 1. The maximum absolute atomic E-state index is 11.9. The van der Waals surface area contributed by atoms with E-state index in [4.69, 9.17) is 23.2 Å². The first-order chi connectivity index (χ1) is 9.06. The van der Waals surface area contributed by atoms with Crippen molar-refractivity contribution >= 4 is 34.7 Å². The minimum atomic E-state index is -0.350. The second kappa shape index (κ2) is 5.91. The maximum atomic E-state index is 11.9. The molecule has 0 aliphatic heterocycles. The van der Waals surface area contributed by atoms with Gasteiger partial charge in [-0.25, -0.2) is 0 Å². The van der Waals surface area contributed by atoms with Crippen LogP contribution in [0.1, 0.15) is 15.9 Å². The van der Waals surface area contributed by atoms with E-state index in [1.807, 2.05) is 0 Å². The van der Waals surface area contributed by atoms with Crippen LogP contribution in [-0.4, -0.2) is 5.78 Å². The van der Waals surface area contributed by atoms with E-state index >= 15 is 0 Å². The second-order valence-corrected chi connectivity index (χ2v) is 4.76. The summed E-state index contributed by atoms with van der Waals surface area (Å²) in [5.74, 6) is -0.701. The lowest BCUT2D eigenvalue weighted by Gasteiger charge is -2.11. The van der Waals surface area contributed by atoms with Crippen LogP contribution in [0.3, 0.4) is 0 Å². The minimum absolute atomic E-state index is 0.350. The van der Waals surface area contributed by atoms with Crippen LogP contribution in [0.25, 0.3) is 5.76 Å². The summed E-state index contributed by atoms with van der Waals surface area (Å²) in [6, 6.07) is 12.7. The van der Waals surface area contributed by atoms with Crippen molar-refractivity contribution in [3.05, 3.63) is 75.8 Å². The van der Waals surface area contributed by atoms with Crippen molar-refractivity contribution in [3.63, 3.8) is 0 Å². The molecule has 0 spiro atoms. The summed E-state index contributed by atoms with van der Waals surface area (Å²) in [6.07, 6.45) is 1.06. The Morgan fingerprint density at radius 3 is 1.74 bits per heavy atom. The van der Waals surface area contributed by atoms with Crippen molar-refractivity contribution in [2.75, 3.05) is 0 Å². The molecule has 19 heavy (non-hydrogen) atoms. The molecule has 2 aromatic rings. The van der Waals surface area contributed by atoms with Gasteiger partial charge < -0.3 is 5.11 Å². The summed E-state index contributed by atoms with van der Waals surface area (Å²) < 4.78 is 0. The van der Waals surface area contributed by atoms with E-state index in [0.717, 1.165) is 6.08 Å². The molecule has 0 saturated carbocycles. The molecule has 0 saturated heterocycles. The predicted molar refractivity (Wildman–Crippen MR) is 75.2 cm³/mol. The first-order valence-corrected chi connectivity index (χ1v) is 6.26. The number of hydrogen-bond donors (Lipinski definition) is 0. The highest BCUT2D eigenvalue weighted by Crippen LogP contribution is 2.15. The van der Waals surface area contributed by atoms with Gasteiger partial charge in [0.15, 0.2) is 5.78 Å². The highest BCUT2D eigenvalue weighted by Gasteiger charge is 2.02. The Morgan fingerprint density at radius 1 is 0.842 bits per heavy atom. The molecule has 0 amide bonds. The van der Waals surface area contributed by atoms with E-state index in [1.54, 1.807) is 48.5 Å². The quantitative estimate of drug-likeness (QED) is 0.493. The zero-order valence-corrected chi connectivity index (χ0v) is 11.3. The van der Waals surface area contributed by atoms with Gasteiger partial charge in [-0.3, -0.25) is 4.79 Å². The van der Waals surface area contributed by atoms with Crippen LogP contribution in [0.2, 0.25) is 10.0 Å². The lowest BCUT2D eigenvalue weighted by molar-refractivity contribution is -0.243. The van der Waals surface area contributed by atoms with Crippen LogP contribution in [-0.2, 0) is 0 Å². The molecular weight excluding hydrogens is 283 g/mol. The van der Waals surface area contributed by atoms with Crippen LogP contribution < -0.4 is 5.11 Å². The highest BCUT2D eigenvalue weighted by atomic mass is 35.5. The molecule has 0 fully saturated rings. The molecule has 0 N–H and O–H groups in total. The molecule has 0 aliphatic rings. The van der Waals surface area contributed by atoms with Gasteiger partial charge in [0.1, 0.15) is 0 Å². The normalized spacial score (nSPS) is 11.4. The van der Waals surface area contributed by atoms with Crippen LogP contribution in [0.4, 0.5) is 0 Å². The molecule has 0 heterocycles. The lowest BCUT2D eigenvalue weighted by Crippen LogP contribution is -2.06. The summed E-state index contributed by atoms with van der Waals surface area (Å²) in [6.45, 7) is 0. The van der Waals surface area contributed by atoms with Gasteiger partial charge in [-0.2, -0.15) is 0 Å². The molecule has 2 nitrogen and oxygen atoms in total. The van der Waals surface area contributed by atoms with E-state index < -0.39 is 0 Å². The first-order valence-electron chi connectivity index (χ1n) is 5.51. The van der Waals surface area contributed by atoms with Gasteiger partial charge in [0.05, 0.1) is 0 Å². The summed E-state index contributed by atoms with van der Waals surface area (Å²) in [7, 11) is 0. The SMILES string of the molecule is O=C(/C=C(\[O-])c1ccc(Cl)cc1)c1ccc(Cl)cc1. The Bertz CT molecular complexity index is 614. The van der Waals surface area contributed by atoms with Crippen LogP contribution >= 0.6 is 23.2 Å². The topological polar surface area (TPSA) is 40.1 Å². The molecule has 0 atom stereocenters. The molecule has 0 aromatic heterocycles. The third-order valence-corrected chi connectivity index (χ3v) is 3.02. The molecule has 0 aliphatic carbocycles. The highest BCUT2D eigenvalue weighted by molar-refractivity contribution is 6.31. The Kier molecular flexibility index (Phi) is 4.25. The number of carbonyl (C=O) groups excluding carboxylic acids is 1. The van der Waals surface area contributed by atoms with Crippen molar-refractivity contribution < 1.29 is 9.90 Å². The second-order valence-electron chi connectivity index (χ2n) is 3.89. The van der Waals surface area contributed by atoms with Crippen molar-refractivity contribution in [2.45, 2.75) is 0 Å². The molecule has 96 valence electrons. The average molecular weight is 292 g/mol. The molecular formula is C15H9Cl2O2-. The zero-order valence-electron chi connectivity index (χ0n) is 9.77. The summed E-state index contributed by atoms with van der Waals surface area (Å²) >= 11 is 11.5. The Balaban J connectivity index is 2.22. The summed E-state index contributed by atoms with van der Waals surface area (Å²) in [5, 5.41) is 12.9. The van der Waals surface area contributed by atoms with E-state index in [-0.39, 0.29) is 11.5 Å². The molecule has 2 aromatic carbocycles. The fraction of sp³-hybridized carbons (Fsp3) is 0. The number of rotatable bonds is 3. The molecule has 0 bridgehead atoms. The van der Waals surface area contributed by atoms with Gasteiger partial charge in [-0.15, -0.1) is 0 Å². The molecule has 4 heteroatoms. The lowest BCUT2D eigenvalue weighted by atomic mass is 10.1. The number of halogens is 2. The monoisotopic (exact) mass is 291 g/mol. The van der Waals surface area contributed by atoms with Gasteiger partial charge in [0, 0.05) is 15.6 Å². The van der Waals surface area contributed by atoms with Gasteiger partial charge in [-0.05, 0) is 48.0 Å². The van der Waals surface area contributed by atoms with Crippen molar-refractivity contribution in [1.29, 1.82) is 0 Å². The Labute approximate surface area is 120 Å². The molecule has 2 rings (SSSR count). The zero-order chi connectivity index (χ0) is 13.8. The summed E-state index contributed by atoms with van der Waals surface area (Å²) in [5.41, 5.74) is 0.846. The largest absolute Gasteiger partial charge is 0.872 e. The minimum Gasteiger partial charge on any atom is -0.872 e. The Morgan fingerprint density at radius 2 is 1.26 bits per heavy atom. The van der Waals surface area contributed by atoms with Crippen molar-refractivity contribution in [3.8, 4) is 0 Å². The van der Waals surface area contributed by atoms with Gasteiger partial charge >= 0.3 is 0 Å². The van der Waals surface area contributed by atoms with Crippen molar-refractivity contribution in [2.24, 2.45) is 0 Å². The maximum Gasteiger partial charge on any atom is 0.185 e. The van der Waals surface area contributed by atoms with Gasteiger partial charge in [-0.1, -0.05) is 41.1 Å². The predicted octanol–water partition coefficient (Wildman–Crippen LogP) is 3.58. The van der Waals surface area contributed by atoms with Crippen LogP contribution in [0, 0.1) is 0 Å². The average Bonchev–Trinajstić information content (AvgIpc) is 2.40. The number of hydrogen-bond acceptors (Lipinski definition) is 2. The third-order valence-electron chi connectivity index (χ3n) is 2.52. The number of ketones is 1. The van der Waals surface area contributed by atoms with E-state index in [1.165, 1.54) is 0 Å². The van der Waals surface area contributed by atoms with E-state index in [2.05, 4.69) is 0 Å². The third kappa shape index (κ3) is 3.60. The standard InChI is InChI=1S/C15H10Cl2O2/c16-12-5-1-10(2-6-12)14(18)9-15(19)11-3-7-13(17)8-4-11/h1-9,18H/p-1/b14-9-. The van der Waals surface area contributed by atoms with E-state index in [9.17, 15) is 9.90 Å². The van der Waals surface area contributed by atoms with Crippen LogP contribution in [0.5, 0.6) is 0 Å². The summed E-state index contributed by atoms with van der Waals surface area (Å²) in [4.78, 5) is 11.9. The first kappa shape index (κ1) is 13.7. The fourth-order valence-electron chi connectivity index (χ4n) is 1.51. The van der Waals surface area contributed by atoms with Crippen molar-refractivity contribution in [1.82, 2.24) is 0 Å².